The van der Waals surface area contributed by atoms with Gasteiger partial charge in [-0.05, 0) is 18.9 Å². The Morgan fingerprint density at radius 1 is 1.48 bits per heavy atom. The first-order valence-corrected chi connectivity index (χ1v) is 7.31. The monoisotopic (exact) mass is 318 g/mol. The Morgan fingerprint density at radius 2 is 2.30 bits per heavy atom. The number of amides is 2. The normalized spacial score (nSPS) is 18.0. The number of nitrogens with two attached hydrogens (primary N) is 1. The third kappa shape index (κ3) is 2.90. The van der Waals surface area contributed by atoms with Crippen molar-refractivity contribution in [2.45, 2.75) is 18.9 Å². The number of likely N-dealkylation sites (tertiary alicyclic amines) is 1. The molecule has 1 atom stereocenters. The van der Waals surface area contributed by atoms with Crippen molar-refractivity contribution in [2.75, 3.05) is 18.4 Å². The zero-order valence-corrected chi connectivity index (χ0v) is 12.4. The molecule has 0 radical (unpaired) electrons. The fourth-order valence-corrected chi connectivity index (χ4v) is 2.89. The first kappa shape index (κ1) is 15.1. The van der Waals surface area contributed by atoms with E-state index in [0.29, 0.717) is 30.0 Å². The highest BCUT2D eigenvalue weighted by Crippen LogP contribution is 2.27. The second kappa shape index (κ2) is 6.13. The van der Waals surface area contributed by atoms with Crippen LogP contribution in [0.15, 0.2) is 18.5 Å². The molecular formula is C14H18N6O3. The van der Waals surface area contributed by atoms with Crippen LogP contribution in [0.25, 0.3) is 11.0 Å². The van der Waals surface area contributed by atoms with E-state index in [0.717, 1.165) is 18.2 Å². The molecule has 9 nitrogen and oxygen atoms in total. The van der Waals surface area contributed by atoms with E-state index in [2.05, 4.69) is 20.7 Å². The van der Waals surface area contributed by atoms with Gasteiger partial charge in [0.15, 0.2) is 0 Å². The lowest BCUT2D eigenvalue weighted by Gasteiger charge is -2.32. The maximum absolute atomic E-state index is 12.0. The van der Waals surface area contributed by atoms with Crippen LogP contribution in [-0.4, -0.2) is 51.1 Å². The molecule has 1 aliphatic rings. The molecule has 3 heterocycles. The van der Waals surface area contributed by atoms with Crippen molar-refractivity contribution in [3.63, 3.8) is 0 Å². The maximum atomic E-state index is 12.0. The number of aromatic amines is 1. The zero-order valence-electron chi connectivity index (χ0n) is 12.4. The Kier molecular flexibility index (Phi) is 4.02. The van der Waals surface area contributed by atoms with E-state index in [1.54, 1.807) is 6.20 Å². The summed E-state index contributed by atoms with van der Waals surface area (Å²) in [5.74, 6) is 4.79. The number of piperidine rings is 1. The molecule has 0 aromatic carbocycles. The van der Waals surface area contributed by atoms with Crippen LogP contribution in [0.4, 0.5) is 10.5 Å². The Bertz CT molecular complexity index is 743. The molecule has 9 heteroatoms. The summed E-state index contributed by atoms with van der Waals surface area (Å²) in [5.41, 5.74) is 3.69. The predicted molar refractivity (Wildman–Crippen MR) is 84.0 cm³/mol. The number of nitrogen functional groups attached to an aromatic ring is 1. The lowest BCUT2D eigenvalue weighted by atomic mass is 10.0. The van der Waals surface area contributed by atoms with Crippen molar-refractivity contribution < 1.29 is 14.7 Å². The molecule has 2 aromatic heterocycles. The molecule has 1 fully saturated rings. The molecule has 0 unspecified atom stereocenters. The fraction of sp³-hybridized carbons (Fsp3) is 0.357. The number of nitrogens with zero attached hydrogens (tertiary/aromatic N) is 2. The van der Waals surface area contributed by atoms with Crippen LogP contribution >= 0.6 is 0 Å². The Labute approximate surface area is 131 Å². The second-order valence-corrected chi connectivity index (χ2v) is 5.47. The van der Waals surface area contributed by atoms with E-state index in [1.165, 1.54) is 11.1 Å². The number of hydrazine groups is 1. The molecule has 3 rings (SSSR count). The Morgan fingerprint density at radius 3 is 3.04 bits per heavy atom. The van der Waals surface area contributed by atoms with Crippen LogP contribution in [0.2, 0.25) is 0 Å². The van der Waals surface area contributed by atoms with Gasteiger partial charge in [-0.3, -0.25) is 10.2 Å². The summed E-state index contributed by atoms with van der Waals surface area (Å²) in [5, 5.41) is 13.2. The zero-order chi connectivity index (χ0) is 16.4. The smallest absolute Gasteiger partial charge is 0.407 e. The number of pyridine rings is 1. The molecular weight excluding hydrogens is 300 g/mol. The largest absolute Gasteiger partial charge is 0.465 e. The number of aromatic nitrogens is 2. The lowest BCUT2D eigenvalue weighted by Crippen LogP contribution is -2.44. The van der Waals surface area contributed by atoms with Gasteiger partial charge >= 0.3 is 6.09 Å². The standard InChI is InChI=1S/C14H18N6O3/c15-19-13(21)10-6-17-12-9(3-4-16-12)11(10)18-8-2-1-5-20(7-8)14(22)23/h3-4,6,8H,1-2,5,7,15H2,(H,19,21)(H,22,23)(H2,16,17,18)/t8-/m1/s1. The van der Waals surface area contributed by atoms with Crippen LogP contribution < -0.4 is 16.6 Å². The van der Waals surface area contributed by atoms with Gasteiger partial charge in [-0.2, -0.15) is 0 Å². The third-order valence-electron chi connectivity index (χ3n) is 4.00. The molecule has 0 aliphatic carbocycles. The van der Waals surface area contributed by atoms with Gasteiger partial charge in [0.05, 0.1) is 11.3 Å². The lowest BCUT2D eigenvalue weighted by molar-refractivity contribution is 0.0953. The van der Waals surface area contributed by atoms with Gasteiger partial charge in [0.25, 0.3) is 5.91 Å². The van der Waals surface area contributed by atoms with E-state index in [9.17, 15) is 9.59 Å². The van der Waals surface area contributed by atoms with Crippen LogP contribution in [-0.2, 0) is 0 Å². The molecule has 0 saturated carbocycles. The highest BCUT2D eigenvalue weighted by atomic mass is 16.4. The summed E-state index contributed by atoms with van der Waals surface area (Å²) < 4.78 is 0. The third-order valence-corrected chi connectivity index (χ3v) is 4.00. The second-order valence-electron chi connectivity index (χ2n) is 5.47. The topological polar surface area (TPSA) is 136 Å². The highest BCUT2D eigenvalue weighted by Gasteiger charge is 2.25. The van der Waals surface area contributed by atoms with Gasteiger partial charge in [0, 0.05) is 36.9 Å². The van der Waals surface area contributed by atoms with Crippen LogP contribution in [0, 0.1) is 0 Å². The van der Waals surface area contributed by atoms with E-state index in [4.69, 9.17) is 10.9 Å². The number of H-pyrrole nitrogens is 1. The van der Waals surface area contributed by atoms with Gasteiger partial charge in [-0.25, -0.2) is 15.6 Å². The molecule has 0 bridgehead atoms. The number of carboxylic acid groups (broad SMARTS) is 1. The number of carbonyl (C=O) groups excluding carboxylic acids is 1. The summed E-state index contributed by atoms with van der Waals surface area (Å²) in [6.07, 6.45) is 3.84. The van der Waals surface area contributed by atoms with Crippen molar-refractivity contribution in [1.29, 1.82) is 0 Å². The van der Waals surface area contributed by atoms with Crippen molar-refractivity contribution in [1.82, 2.24) is 20.3 Å². The van der Waals surface area contributed by atoms with Crippen molar-refractivity contribution in [3.05, 3.63) is 24.0 Å². The van der Waals surface area contributed by atoms with E-state index in [1.807, 2.05) is 6.07 Å². The number of fused-ring (bicyclic) bond motifs is 1. The van der Waals surface area contributed by atoms with Crippen molar-refractivity contribution >= 4 is 28.7 Å². The average molecular weight is 318 g/mol. The summed E-state index contributed by atoms with van der Waals surface area (Å²) in [6.45, 7) is 0.896. The first-order valence-electron chi connectivity index (χ1n) is 7.31. The molecule has 0 spiro atoms. The number of rotatable bonds is 3. The first-order chi connectivity index (χ1) is 11.1. The minimum absolute atomic E-state index is 0.0790. The number of anilines is 1. The molecule has 2 aromatic rings. The predicted octanol–water partition coefficient (Wildman–Crippen LogP) is 0.721. The fourth-order valence-electron chi connectivity index (χ4n) is 2.89. The van der Waals surface area contributed by atoms with E-state index < -0.39 is 12.0 Å². The number of nitrogens with one attached hydrogen (secondary N) is 3. The summed E-state index contributed by atoms with van der Waals surface area (Å²) in [4.78, 5) is 31.7. The van der Waals surface area contributed by atoms with E-state index >= 15 is 0 Å². The van der Waals surface area contributed by atoms with Crippen LogP contribution in [0.3, 0.4) is 0 Å². The Hall–Kier alpha value is -2.81. The summed E-state index contributed by atoms with van der Waals surface area (Å²) in [7, 11) is 0. The van der Waals surface area contributed by atoms with Crippen LogP contribution in [0.5, 0.6) is 0 Å². The minimum atomic E-state index is -0.932. The summed E-state index contributed by atoms with van der Waals surface area (Å²) in [6, 6.07) is 1.74. The number of hydrogen-bond donors (Lipinski definition) is 5. The van der Waals surface area contributed by atoms with Gasteiger partial charge in [0.1, 0.15) is 5.65 Å². The highest BCUT2D eigenvalue weighted by molar-refractivity contribution is 6.06. The minimum Gasteiger partial charge on any atom is -0.465 e. The quantitative estimate of drug-likeness (QED) is 0.321. The molecule has 23 heavy (non-hydrogen) atoms. The van der Waals surface area contributed by atoms with Crippen molar-refractivity contribution in [3.8, 4) is 0 Å². The molecule has 1 saturated heterocycles. The molecule has 122 valence electrons. The molecule has 1 aliphatic heterocycles. The Balaban J connectivity index is 1.93. The average Bonchev–Trinajstić information content (AvgIpc) is 3.03. The van der Waals surface area contributed by atoms with Gasteiger partial charge in [-0.1, -0.05) is 0 Å². The van der Waals surface area contributed by atoms with Crippen LogP contribution in [0.1, 0.15) is 23.2 Å². The number of hydrogen-bond acceptors (Lipinski definition) is 5. The van der Waals surface area contributed by atoms with Gasteiger partial charge in [0.2, 0.25) is 0 Å². The molecule has 6 N–H and O–H groups in total. The number of carbonyl (C=O) groups is 2. The molecule has 2 amide bonds. The maximum Gasteiger partial charge on any atom is 0.407 e. The van der Waals surface area contributed by atoms with Crippen molar-refractivity contribution in [2.24, 2.45) is 5.84 Å². The summed E-state index contributed by atoms with van der Waals surface area (Å²) >= 11 is 0. The SMILES string of the molecule is NNC(=O)c1cnc2[nH]ccc2c1N[C@@H]1CCCN(C(=O)O)C1. The van der Waals surface area contributed by atoms with Gasteiger partial charge in [-0.15, -0.1) is 0 Å². The van der Waals surface area contributed by atoms with Gasteiger partial charge < -0.3 is 20.3 Å². The van der Waals surface area contributed by atoms with E-state index in [-0.39, 0.29) is 6.04 Å².